The molecule has 0 spiro atoms. The standard InChI is InChI=1S/C26H29NO3S/c1-6-8-20(12-13-21-9-7-16-29-21)27-25(28)22-14-15-24(30-22)31-23-17-19(26(3,4)5)11-10-18(23)2/h6-7,9-17,20H,1,8H2,2-5H3,(H,27,28). The van der Waals surface area contributed by atoms with Crippen molar-refractivity contribution >= 4 is 23.7 Å². The third-order valence-corrected chi connectivity index (χ3v) is 5.92. The molecule has 1 atom stereocenters. The summed E-state index contributed by atoms with van der Waals surface area (Å²) in [5.74, 6) is 0.753. The van der Waals surface area contributed by atoms with Gasteiger partial charge in [0.1, 0.15) is 5.76 Å². The zero-order valence-electron chi connectivity index (χ0n) is 18.5. The molecule has 1 unspecified atom stereocenters. The van der Waals surface area contributed by atoms with Crippen LogP contribution in [0, 0.1) is 6.92 Å². The van der Waals surface area contributed by atoms with Crippen molar-refractivity contribution in [2.24, 2.45) is 0 Å². The van der Waals surface area contributed by atoms with E-state index < -0.39 is 0 Å². The molecular weight excluding hydrogens is 406 g/mol. The van der Waals surface area contributed by atoms with E-state index in [9.17, 15) is 4.79 Å². The van der Waals surface area contributed by atoms with Crippen LogP contribution in [0.2, 0.25) is 0 Å². The van der Waals surface area contributed by atoms with Gasteiger partial charge in [0, 0.05) is 4.90 Å². The second-order valence-electron chi connectivity index (χ2n) is 8.43. The van der Waals surface area contributed by atoms with E-state index in [0.717, 1.165) is 10.7 Å². The van der Waals surface area contributed by atoms with E-state index in [4.69, 9.17) is 8.83 Å². The highest BCUT2D eigenvalue weighted by Crippen LogP contribution is 2.35. The van der Waals surface area contributed by atoms with Crippen LogP contribution < -0.4 is 5.32 Å². The molecule has 0 fully saturated rings. The molecule has 0 aliphatic carbocycles. The summed E-state index contributed by atoms with van der Waals surface area (Å²) >= 11 is 1.53. The van der Waals surface area contributed by atoms with Gasteiger partial charge >= 0.3 is 0 Å². The Balaban J connectivity index is 1.69. The highest BCUT2D eigenvalue weighted by Gasteiger charge is 2.18. The number of carbonyl (C=O) groups is 1. The summed E-state index contributed by atoms with van der Waals surface area (Å²) in [6.45, 7) is 12.4. The second-order valence-corrected chi connectivity index (χ2v) is 9.48. The van der Waals surface area contributed by atoms with E-state index in [1.54, 1.807) is 18.4 Å². The Morgan fingerprint density at radius 2 is 2.03 bits per heavy atom. The molecule has 1 N–H and O–H groups in total. The van der Waals surface area contributed by atoms with Crippen LogP contribution in [-0.4, -0.2) is 11.9 Å². The highest BCUT2D eigenvalue weighted by molar-refractivity contribution is 7.99. The molecule has 2 heterocycles. The van der Waals surface area contributed by atoms with Crippen molar-refractivity contribution in [1.82, 2.24) is 5.32 Å². The van der Waals surface area contributed by atoms with Crippen LogP contribution in [0.3, 0.4) is 0 Å². The Labute approximate surface area is 188 Å². The number of rotatable bonds is 8. The van der Waals surface area contributed by atoms with Gasteiger partial charge in [0.25, 0.3) is 5.91 Å². The molecule has 3 aromatic rings. The van der Waals surface area contributed by atoms with Gasteiger partial charge in [-0.05, 0) is 66.3 Å². The number of furan rings is 2. The van der Waals surface area contributed by atoms with Crippen molar-refractivity contribution in [2.45, 2.75) is 55.6 Å². The SMILES string of the molecule is C=CCC(C=Cc1ccco1)NC(=O)c1ccc(Sc2cc(C(C)(C)C)ccc2C)o1. The van der Waals surface area contributed by atoms with Crippen molar-refractivity contribution in [3.63, 3.8) is 0 Å². The molecule has 1 aromatic carbocycles. The lowest BCUT2D eigenvalue weighted by Gasteiger charge is -2.20. The third kappa shape index (κ3) is 6.28. The lowest BCUT2D eigenvalue weighted by Crippen LogP contribution is -2.32. The molecule has 0 aliphatic rings. The summed E-state index contributed by atoms with van der Waals surface area (Å²) in [6.07, 6.45) is 7.71. The van der Waals surface area contributed by atoms with Gasteiger partial charge in [0.05, 0.1) is 12.3 Å². The molecular formula is C26H29NO3S. The van der Waals surface area contributed by atoms with E-state index in [1.807, 2.05) is 30.4 Å². The summed E-state index contributed by atoms with van der Waals surface area (Å²) < 4.78 is 11.1. The summed E-state index contributed by atoms with van der Waals surface area (Å²) in [5, 5.41) is 3.66. The summed E-state index contributed by atoms with van der Waals surface area (Å²) in [5.41, 5.74) is 2.51. The fourth-order valence-corrected chi connectivity index (χ4v) is 3.88. The molecule has 31 heavy (non-hydrogen) atoms. The van der Waals surface area contributed by atoms with E-state index in [0.29, 0.717) is 11.5 Å². The predicted octanol–water partition coefficient (Wildman–Crippen LogP) is 7.02. The van der Waals surface area contributed by atoms with Gasteiger partial charge in [0.15, 0.2) is 10.9 Å². The number of benzene rings is 1. The molecule has 162 valence electrons. The molecule has 1 amide bonds. The van der Waals surface area contributed by atoms with Gasteiger partial charge in [-0.25, -0.2) is 0 Å². The normalized spacial score (nSPS) is 12.8. The predicted molar refractivity (Wildman–Crippen MR) is 127 cm³/mol. The largest absolute Gasteiger partial charge is 0.465 e. The first-order valence-electron chi connectivity index (χ1n) is 10.3. The van der Waals surface area contributed by atoms with Crippen molar-refractivity contribution in [3.05, 3.63) is 90.1 Å². The smallest absolute Gasteiger partial charge is 0.287 e. The average Bonchev–Trinajstić information content (AvgIpc) is 3.39. The summed E-state index contributed by atoms with van der Waals surface area (Å²) in [4.78, 5) is 13.8. The maximum atomic E-state index is 12.7. The number of hydrogen-bond acceptors (Lipinski definition) is 4. The van der Waals surface area contributed by atoms with Crippen molar-refractivity contribution in [1.29, 1.82) is 0 Å². The molecule has 4 nitrogen and oxygen atoms in total. The fourth-order valence-electron chi connectivity index (χ4n) is 2.98. The lowest BCUT2D eigenvalue weighted by atomic mass is 9.87. The molecule has 0 saturated carbocycles. The zero-order chi connectivity index (χ0) is 22.4. The first-order valence-corrected chi connectivity index (χ1v) is 11.1. The minimum atomic E-state index is -0.261. The number of aryl methyl sites for hydroxylation is 1. The van der Waals surface area contributed by atoms with Crippen molar-refractivity contribution in [2.75, 3.05) is 0 Å². The quantitative estimate of drug-likeness (QED) is 0.386. The van der Waals surface area contributed by atoms with Crippen LogP contribution >= 0.6 is 11.8 Å². The maximum Gasteiger partial charge on any atom is 0.287 e. The van der Waals surface area contributed by atoms with Crippen LogP contribution in [0.5, 0.6) is 0 Å². The van der Waals surface area contributed by atoms with Gasteiger partial charge in [-0.1, -0.05) is 56.8 Å². The number of nitrogens with one attached hydrogen (secondary N) is 1. The fraction of sp³-hybridized carbons (Fsp3) is 0.269. The van der Waals surface area contributed by atoms with Gasteiger partial charge in [-0.15, -0.1) is 6.58 Å². The molecule has 0 bridgehead atoms. The van der Waals surface area contributed by atoms with Crippen LogP contribution in [0.15, 0.2) is 86.3 Å². The maximum absolute atomic E-state index is 12.7. The van der Waals surface area contributed by atoms with Crippen LogP contribution in [0.1, 0.15) is 54.6 Å². The van der Waals surface area contributed by atoms with Crippen molar-refractivity contribution < 1.29 is 13.6 Å². The molecule has 3 rings (SSSR count). The van der Waals surface area contributed by atoms with E-state index in [1.165, 1.54) is 22.9 Å². The monoisotopic (exact) mass is 435 g/mol. The van der Waals surface area contributed by atoms with Crippen LogP contribution in [0.25, 0.3) is 6.08 Å². The van der Waals surface area contributed by atoms with Crippen LogP contribution in [-0.2, 0) is 5.41 Å². The van der Waals surface area contributed by atoms with E-state index in [2.05, 4.69) is 57.8 Å². The third-order valence-electron chi connectivity index (χ3n) is 4.84. The van der Waals surface area contributed by atoms with Gasteiger partial charge in [0.2, 0.25) is 0 Å². The first kappa shape index (κ1) is 22.8. The van der Waals surface area contributed by atoms with Crippen molar-refractivity contribution in [3.8, 4) is 0 Å². The van der Waals surface area contributed by atoms with E-state index >= 15 is 0 Å². The highest BCUT2D eigenvalue weighted by atomic mass is 32.2. The molecule has 5 heteroatoms. The van der Waals surface area contributed by atoms with Gasteiger partial charge in [-0.2, -0.15) is 0 Å². The summed E-state index contributed by atoms with van der Waals surface area (Å²) in [6, 6.07) is 13.5. The number of amides is 1. The van der Waals surface area contributed by atoms with Gasteiger partial charge in [-0.3, -0.25) is 4.79 Å². The molecule has 2 aromatic heterocycles. The second kappa shape index (κ2) is 9.92. The molecule has 0 aliphatic heterocycles. The Bertz CT molecular complexity index is 1050. The van der Waals surface area contributed by atoms with Crippen LogP contribution in [0.4, 0.5) is 0 Å². The van der Waals surface area contributed by atoms with Gasteiger partial charge < -0.3 is 14.2 Å². The van der Waals surface area contributed by atoms with E-state index in [-0.39, 0.29) is 23.1 Å². The lowest BCUT2D eigenvalue weighted by molar-refractivity contribution is 0.0912. The Kier molecular flexibility index (Phi) is 7.29. The molecule has 0 saturated heterocycles. The minimum absolute atomic E-state index is 0.0700. The number of hydrogen-bond donors (Lipinski definition) is 1. The Morgan fingerprint density at radius 3 is 2.71 bits per heavy atom. The first-order chi connectivity index (χ1) is 14.8. The Hall–Kier alpha value is -2.92. The summed E-state index contributed by atoms with van der Waals surface area (Å²) in [7, 11) is 0. The topological polar surface area (TPSA) is 55.4 Å². The zero-order valence-corrected chi connectivity index (χ0v) is 19.3. The Morgan fingerprint density at radius 1 is 1.23 bits per heavy atom. The molecule has 0 radical (unpaired) electrons. The number of carbonyl (C=O) groups excluding carboxylic acids is 1. The minimum Gasteiger partial charge on any atom is -0.465 e. The average molecular weight is 436 g/mol.